The van der Waals surface area contributed by atoms with Gasteiger partial charge in [-0.3, -0.25) is 0 Å². The number of benzene rings is 1. The minimum atomic E-state index is -0.634. The van der Waals surface area contributed by atoms with Crippen LogP contribution in [-0.4, -0.2) is 5.11 Å². The van der Waals surface area contributed by atoms with Gasteiger partial charge in [-0.15, -0.1) is 0 Å². The topological polar surface area (TPSA) is 57.0 Å². The highest BCUT2D eigenvalue weighted by Crippen LogP contribution is 2.42. The molecule has 1 heterocycles. The summed E-state index contributed by atoms with van der Waals surface area (Å²) >= 11 is 0. The quantitative estimate of drug-likeness (QED) is 0.727. The number of nitrogens with zero attached hydrogens (tertiary/aromatic N) is 2. The number of nitrogens with one attached hydrogen (secondary N) is 1. The van der Waals surface area contributed by atoms with E-state index in [4.69, 9.17) is 5.11 Å². The molecule has 0 bridgehead atoms. The van der Waals surface area contributed by atoms with Crippen molar-refractivity contribution >= 4 is 30.6 Å². The molecule has 1 aromatic carbocycles. The standard InChI is InChI=1S/C6H6N3OP3/c10-5-1-3-6(4-2-5)13-8-11-7-12-9-13/h1-4,10H,(H,7,8,9). The van der Waals surface area contributed by atoms with Crippen molar-refractivity contribution in [2.24, 2.45) is 9.03 Å². The molecule has 0 amide bonds. The third-order valence-electron chi connectivity index (χ3n) is 1.45. The van der Waals surface area contributed by atoms with Gasteiger partial charge in [0.25, 0.3) is 0 Å². The van der Waals surface area contributed by atoms with Crippen molar-refractivity contribution in [3.8, 4) is 5.75 Å². The fourth-order valence-corrected chi connectivity index (χ4v) is 4.49. The monoisotopic (exact) mass is 229 g/mol. The van der Waals surface area contributed by atoms with Crippen LogP contribution in [-0.2, 0) is 0 Å². The maximum atomic E-state index is 9.09. The predicted octanol–water partition coefficient (Wildman–Crippen LogP) is 3.02. The predicted molar refractivity (Wildman–Crippen MR) is 56.5 cm³/mol. The van der Waals surface area contributed by atoms with Gasteiger partial charge in [-0.1, -0.05) is 0 Å². The first-order valence-electron chi connectivity index (χ1n) is 3.52. The van der Waals surface area contributed by atoms with E-state index in [1.165, 1.54) is 0 Å². The SMILES string of the molecule is Oc1ccc(P2N=PN=PN2)cc1. The molecule has 13 heavy (non-hydrogen) atoms. The van der Waals surface area contributed by atoms with Crippen LogP contribution >= 0.6 is 25.3 Å². The Kier molecular flexibility index (Phi) is 2.97. The molecule has 7 heteroatoms. The van der Waals surface area contributed by atoms with E-state index in [0.717, 1.165) is 22.4 Å². The molecule has 1 aromatic rings. The van der Waals surface area contributed by atoms with E-state index in [-0.39, 0.29) is 5.75 Å². The molecule has 0 aromatic heterocycles. The van der Waals surface area contributed by atoms with Crippen LogP contribution in [0.15, 0.2) is 33.3 Å². The van der Waals surface area contributed by atoms with E-state index < -0.39 is 8.22 Å². The molecule has 1 aliphatic rings. The minimum Gasteiger partial charge on any atom is -0.508 e. The second kappa shape index (κ2) is 4.21. The fraction of sp³-hybridized carbons (Fsp3) is 0. The summed E-state index contributed by atoms with van der Waals surface area (Å²) in [5.41, 5.74) is 0. The second-order valence-electron chi connectivity index (χ2n) is 2.30. The van der Waals surface area contributed by atoms with Crippen LogP contribution in [0.2, 0.25) is 0 Å². The Hall–Kier alpha value is -0.390. The van der Waals surface area contributed by atoms with Gasteiger partial charge in [-0.25, -0.2) is 4.86 Å². The lowest BCUT2D eigenvalue weighted by Gasteiger charge is -2.10. The van der Waals surface area contributed by atoms with E-state index in [1.54, 1.807) is 12.1 Å². The molecule has 0 saturated heterocycles. The van der Waals surface area contributed by atoms with Gasteiger partial charge in [0, 0.05) is 5.30 Å². The molecular weight excluding hydrogens is 223 g/mol. The third-order valence-corrected chi connectivity index (χ3v) is 5.06. The van der Waals surface area contributed by atoms with E-state index in [2.05, 4.69) is 13.9 Å². The van der Waals surface area contributed by atoms with E-state index in [0.29, 0.717) is 0 Å². The first-order chi connectivity index (χ1) is 6.36. The lowest BCUT2D eigenvalue weighted by atomic mass is 10.3. The van der Waals surface area contributed by atoms with Crippen molar-refractivity contribution in [3.63, 3.8) is 0 Å². The number of rotatable bonds is 1. The maximum Gasteiger partial charge on any atom is 0.160 e. The van der Waals surface area contributed by atoms with E-state index in [1.807, 2.05) is 12.1 Å². The Labute approximate surface area is 80.1 Å². The number of phenolic OH excluding ortho intramolecular Hbond substituents is 1. The Bertz CT molecular complexity index is 351. The summed E-state index contributed by atoms with van der Waals surface area (Å²) in [5.74, 6) is 0.288. The van der Waals surface area contributed by atoms with E-state index >= 15 is 0 Å². The van der Waals surface area contributed by atoms with Gasteiger partial charge in [0.2, 0.25) is 0 Å². The summed E-state index contributed by atoms with van der Waals surface area (Å²) < 4.78 is 8.30. The van der Waals surface area contributed by atoms with Gasteiger partial charge in [0.1, 0.15) is 22.5 Å². The van der Waals surface area contributed by atoms with Gasteiger partial charge in [0.05, 0.1) is 0 Å². The number of hydrogen-bond donors (Lipinski definition) is 2. The molecule has 1 atom stereocenters. The molecule has 0 saturated carbocycles. The van der Waals surface area contributed by atoms with Crippen molar-refractivity contribution in [2.45, 2.75) is 0 Å². The number of aromatic hydroxyl groups is 1. The average Bonchev–Trinajstić information content (AvgIpc) is 2.20. The highest BCUT2D eigenvalue weighted by atomic mass is 31.2. The zero-order valence-corrected chi connectivity index (χ0v) is 9.18. The first kappa shape index (κ1) is 9.18. The van der Waals surface area contributed by atoms with Crippen LogP contribution in [0.1, 0.15) is 0 Å². The summed E-state index contributed by atoms with van der Waals surface area (Å²) in [6, 6.07) is 7.12. The highest BCUT2D eigenvalue weighted by Gasteiger charge is 2.10. The fourth-order valence-electron chi connectivity index (χ4n) is 0.863. The lowest BCUT2D eigenvalue weighted by Crippen LogP contribution is -2.05. The average molecular weight is 229 g/mol. The molecule has 4 nitrogen and oxygen atoms in total. The highest BCUT2D eigenvalue weighted by molar-refractivity contribution is 7.72. The summed E-state index contributed by atoms with van der Waals surface area (Å²) in [6.07, 6.45) is 0. The van der Waals surface area contributed by atoms with Crippen molar-refractivity contribution in [1.29, 1.82) is 0 Å². The molecule has 1 unspecified atom stereocenters. The molecule has 66 valence electrons. The number of phenols is 1. The zero-order valence-electron chi connectivity index (χ0n) is 6.49. The minimum absolute atomic E-state index is 0.288. The molecule has 2 N–H and O–H groups in total. The van der Waals surface area contributed by atoms with Gasteiger partial charge < -0.3 is 5.11 Å². The molecular formula is C6H6N3OP3. The van der Waals surface area contributed by atoms with Crippen molar-refractivity contribution in [1.82, 2.24) is 4.86 Å². The summed E-state index contributed by atoms with van der Waals surface area (Å²) in [4.78, 5) is 3.17. The van der Waals surface area contributed by atoms with Crippen LogP contribution in [0.25, 0.3) is 0 Å². The molecule has 0 radical (unpaired) electrons. The van der Waals surface area contributed by atoms with Gasteiger partial charge in [-0.2, -0.15) is 9.03 Å². The third kappa shape index (κ3) is 2.30. The number of hydrogen-bond acceptors (Lipinski definition) is 4. The first-order valence-corrected chi connectivity index (χ1v) is 6.46. The van der Waals surface area contributed by atoms with Crippen molar-refractivity contribution in [2.75, 3.05) is 0 Å². The molecule has 1 aliphatic heterocycles. The van der Waals surface area contributed by atoms with Gasteiger partial charge in [0.15, 0.2) is 8.52 Å². The zero-order chi connectivity index (χ0) is 9.10. The van der Waals surface area contributed by atoms with Crippen LogP contribution < -0.4 is 10.2 Å². The Balaban J connectivity index is 2.21. The van der Waals surface area contributed by atoms with E-state index in [9.17, 15) is 0 Å². The summed E-state index contributed by atoms with van der Waals surface area (Å²) in [7, 11) is 1.05. The van der Waals surface area contributed by atoms with Crippen LogP contribution in [0, 0.1) is 0 Å². The summed E-state index contributed by atoms with van der Waals surface area (Å²) in [5, 5.41) is 10.2. The van der Waals surface area contributed by atoms with Gasteiger partial charge >= 0.3 is 0 Å². The van der Waals surface area contributed by atoms with Crippen molar-refractivity contribution in [3.05, 3.63) is 24.3 Å². The maximum absolute atomic E-state index is 9.09. The molecule has 0 spiro atoms. The smallest absolute Gasteiger partial charge is 0.160 e. The Morgan fingerprint density at radius 2 is 2.08 bits per heavy atom. The Morgan fingerprint density at radius 1 is 1.31 bits per heavy atom. The second-order valence-corrected chi connectivity index (χ2v) is 6.05. The van der Waals surface area contributed by atoms with Crippen LogP contribution in [0.3, 0.4) is 0 Å². The molecule has 0 fully saturated rings. The van der Waals surface area contributed by atoms with Crippen LogP contribution in [0.4, 0.5) is 0 Å². The summed E-state index contributed by atoms with van der Waals surface area (Å²) in [6.45, 7) is 0. The lowest BCUT2D eigenvalue weighted by molar-refractivity contribution is 0.475. The molecule has 2 rings (SSSR count). The molecule has 0 aliphatic carbocycles. The van der Waals surface area contributed by atoms with Crippen LogP contribution in [0.5, 0.6) is 5.75 Å². The van der Waals surface area contributed by atoms with Crippen molar-refractivity contribution < 1.29 is 5.11 Å². The largest absolute Gasteiger partial charge is 0.508 e. The normalized spacial score (nSPS) is 22.9. The Morgan fingerprint density at radius 3 is 2.69 bits per heavy atom. The van der Waals surface area contributed by atoms with Gasteiger partial charge in [-0.05, 0) is 24.3 Å².